The molecule has 1 atom stereocenters. The van der Waals surface area contributed by atoms with Crippen LogP contribution in [0.3, 0.4) is 0 Å². The Hall–Kier alpha value is -5.18. The second-order valence-corrected chi connectivity index (χ2v) is 9.61. The van der Waals surface area contributed by atoms with Crippen molar-refractivity contribution in [1.82, 2.24) is 9.88 Å². The predicted octanol–water partition coefficient (Wildman–Crippen LogP) is 3.81. The average molecular weight is 553 g/mol. The first-order valence-corrected chi connectivity index (χ1v) is 13.1. The van der Waals surface area contributed by atoms with Gasteiger partial charge in [-0.25, -0.2) is 0 Å². The van der Waals surface area contributed by atoms with E-state index in [9.17, 15) is 19.2 Å². The van der Waals surface area contributed by atoms with Gasteiger partial charge in [-0.2, -0.15) is 0 Å². The highest BCUT2D eigenvalue weighted by atomic mass is 16.5. The molecule has 41 heavy (non-hydrogen) atoms. The minimum atomic E-state index is -0.874. The van der Waals surface area contributed by atoms with Crippen molar-refractivity contribution in [2.75, 3.05) is 24.4 Å². The molecule has 0 aliphatic rings. The lowest BCUT2D eigenvalue weighted by molar-refractivity contribution is -0.127. The van der Waals surface area contributed by atoms with Gasteiger partial charge in [-0.1, -0.05) is 48.0 Å². The topological polar surface area (TPSA) is 110 Å². The van der Waals surface area contributed by atoms with Gasteiger partial charge in [-0.15, -0.1) is 0 Å². The summed E-state index contributed by atoms with van der Waals surface area (Å²) < 4.78 is 6.41. The summed E-state index contributed by atoms with van der Waals surface area (Å²) in [6, 6.07) is 25.4. The first-order chi connectivity index (χ1) is 19.7. The third-order valence-corrected chi connectivity index (χ3v) is 6.59. The number of aryl methyl sites for hydroxylation is 1. The molecule has 4 aromatic rings. The smallest absolute Gasteiger partial charge is 0.255 e. The minimum absolute atomic E-state index is 0.269. The highest BCUT2D eigenvalue weighted by molar-refractivity contribution is 6.04. The van der Waals surface area contributed by atoms with Crippen molar-refractivity contribution in [2.24, 2.45) is 0 Å². The van der Waals surface area contributed by atoms with Crippen molar-refractivity contribution in [3.05, 3.63) is 124 Å². The molecule has 0 aliphatic carbocycles. The minimum Gasteiger partial charge on any atom is -0.497 e. The van der Waals surface area contributed by atoms with E-state index in [2.05, 4.69) is 10.6 Å². The summed E-state index contributed by atoms with van der Waals surface area (Å²) in [5, 5.41) is 5.50. The number of hydrogen-bond donors (Lipinski definition) is 2. The molecule has 3 amide bonds. The van der Waals surface area contributed by atoms with Crippen LogP contribution in [0.5, 0.6) is 5.75 Å². The summed E-state index contributed by atoms with van der Waals surface area (Å²) in [7, 11) is 3.21. The van der Waals surface area contributed by atoms with Gasteiger partial charge in [0.2, 0.25) is 11.8 Å². The molecule has 3 aromatic carbocycles. The molecule has 1 aromatic heterocycles. The van der Waals surface area contributed by atoms with Crippen LogP contribution in [0, 0.1) is 6.92 Å². The van der Waals surface area contributed by atoms with Gasteiger partial charge in [0.25, 0.3) is 11.5 Å². The maximum Gasteiger partial charge on any atom is 0.255 e. The lowest BCUT2D eigenvalue weighted by Gasteiger charge is -2.25. The van der Waals surface area contributed by atoms with Crippen LogP contribution in [-0.2, 0) is 22.6 Å². The Labute approximate surface area is 238 Å². The van der Waals surface area contributed by atoms with Crippen LogP contribution >= 0.6 is 0 Å². The molecular weight excluding hydrogens is 520 g/mol. The number of likely N-dealkylation sites (N-methyl/N-ethyl adjacent to an activating group) is 1. The van der Waals surface area contributed by atoms with Gasteiger partial charge in [0.05, 0.1) is 7.11 Å². The van der Waals surface area contributed by atoms with Gasteiger partial charge < -0.3 is 24.8 Å². The molecule has 9 nitrogen and oxygen atoms in total. The van der Waals surface area contributed by atoms with Crippen LogP contribution in [0.2, 0.25) is 0 Å². The van der Waals surface area contributed by atoms with E-state index in [4.69, 9.17) is 4.74 Å². The summed E-state index contributed by atoms with van der Waals surface area (Å²) in [5.74, 6) is -0.493. The van der Waals surface area contributed by atoms with Crippen molar-refractivity contribution in [3.63, 3.8) is 0 Å². The molecule has 0 radical (unpaired) electrons. The third kappa shape index (κ3) is 7.69. The normalized spacial score (nSPS) is 11.3. The number of carbonyl (C=O) groups excluding carboxylic acids is 3. The van der Waals surface area contributed by atoms with Gasteiger partial charge in [-0.3, -0.25) is 19.2 Å². The Morgan fingerprint density at radius 2 is 1.61 bits per heavy atom. The maximum atomic E-state index is 13.5. The number of pyridine rings is 1. The van der Waals surface area contributed by atoms with Crippen LogP contribution < -0.4 is 25.8 Å². The lowest BCUT2D eigenvalue weighted by atomic mass is 10.0. The molecule has 210 valence electrons. The van der Waals surface area contributed by atoms with Crippen LogP contribution in [0.4, 0.5) is 11.4 Å². The Bertz CT molecular complexity index is 1560. The van der Waals surface area contributed by atoms with Crippen LogP contribution in [0.15, 0.2) is 102 Å². The predicted molar refractivity (Wildman–Crippen MR) is 158 cm³/mol. The van der Waals surface area contributed by atoms with Crippen molar-refractivity contribution in [1.29, 1.82) is 0 Å². The molecule has 0 bridgehead atoms. The molecule has 0 aliphatic heterocycles. The number of anilines is 2. The Morgan fingerprint density at radius 3 is 2.24 bits per heavy atom. The van der Waals surface area contributed by atoms with E-state index in [-0.39, 0.29) is 24.8 Å². The molecule has 0 spiro atoms. The largest absolute Gasteiger partial charge is 0.497 e. The standard InChI is InChI=1S/C32H32N4O5/c1-22-9-11-24(12-10-22)31(39)33-25-17-18-36(30(38)20-25)21-29(37)34-28(19-23-7-5-4-6-8-23)32(40)35(2)26-13-15-27(41-3)16-14-26/h4-18,20,28H,19,21H2,1-3H3,(H,33,39)(H,34,37)/t28-/m0/s1. The van der Waals surface area contributed by atoms with Crippen LogP contribution in [0.1, 0.15) is 21.5 Å². The van der Waals surface area contributed by atoms with E-state index >= 15 is 0 Å². The second kappa shape index (κ2) is 13.3. The number of ether oxygens (including phenoxy) is 1. The third-order valence-electron chi connectivity index (χ3n) is 6.59. The highest BCUT2D eigenvalue weighted by Gasteiger charge is 2.25. The number of nitrogens with one attached hydrogen (secondary N) is 2. The molecule has 0 unspecified atom stereocenters. The van der Waals surface area contributed by atoms with E-state index in [0.717, 1.165) is 11.1 Å². The summed E-state index contributed by atoms with van der Waals surface area (Å²) in [4.78, 5) is 53.3. The molecule has 0 saturated carbocycles. The molecule has 0 fully saturated rings. The Kier molecular flexibility index (Phi) is 9.32. The number of amides is 3. The molecule has 1 heterocycles. The Balaban J connectivity index is 1.45. The van der Waals surface area contributed by atoms with Gasteiger partial charge >= 0.3 is 0 Å². The zero-order valence-electron chi connectivity index (χ0n) is 23.2. The van der Waals surface area contributed by atoms with Gasteiger partial charge in [-0.05, 0) is 55.0 Å². The fourth-order valence-corrected chi connectivity index (χ4v) is 4.24. The summed E-state index contributed by atoms with van der Waals surface area (Å²) in [5.41, 5.74) is 2.86. The lowest BCUT2D eigenvalue weighted by Crippen LogP contribution is -2.50. The first kappa shape index (κ1) is 28.8. The van der Waals surface area contributed by atoms with E-state index in [1.165, 1.54) is 21.7 Å². The SMILES string of the molecule is COc1ccc(N(C)C(=O)[C@H](Cc2ccccc2)NC(=O)Cn2ccc(NC(=O)c3ccc(C)cc3)cc2=O)cc1. The summed E-state index contributed by atoms with van der Waals surface area (Å²) in [6.45, 7) is 1.63. The monoisotopic (exact) mass is 552 g/mol. The first-order valence-electron chi connectivity index (χ1n) is 13.1. The maximum absolute atomic E-state index is 13.5. The molecular formula is C32H32N4O5. The zero-order chi connectivity index (χ0) is 29.4. The van der Waals surface area contributed by atoms with E-state index in [1.807, 2.05) is 49.4 Å². The number of aromatic nitrogens is 1. The molecule has 4 rings (SSSR count). The van der Waals surface area contributed by atoms with E-state index < -0.39 is 17.5 Å². The fraction of sp³-hybridized carbons (Fsp3) is 0.188. The number of hydrogen-bond acceptors (Lipinski definition) is 5. The zero-order valence-corrected chi connectivity index (χ0v) is 23.2. The average Bonchev–Trinajstić information content (AvgIpc) is 2.98. The van der Waals surface area contributed by atoms with E-state index in [1.54, 1.807) is 56.6 Å². The van der Waals surface area contributed by atoms with Crippen LogP contribution in [0.25, 0.3) is 0 Å². The quantitative estimate of drug-likeness (QED) is 0.311. The number of rotatable bonds is 10. The van der Waals surface area contributed by atoms with Crippen molar-refractivity contribution < 1.29 is 19.1 Å². The summed E-state index contributed by atoms with van der Waals surface area (Å²) >= 11 is 0. The van der Waals surface area contributed by atoms with Crippen molar-refractivity contribution in [2.45, 2.75) is 25.9 Å². The number of carbonyl (C=O) groups is 3. The van der Waals surface area contributed by atoms with Crippen molar-refractivity contribution in [3.8, 4) is 5.75 Å². The number of nitrogens with zero attached hydrogens (tertiary/aromatic N) is 2. The number of benzene rings is 3. The fourth-order valence-electron chi connectivity index (χ4n) is 4.24. The molecule has 0 saturated heterocycles. The van der Waals surface area contributed by atoms with Crippen molar-refractivity contribution >= 4 is 29.1 Å². The van der Waals surface area contributed by atoms with Crippen LogP contribution in [-0.4, -0.2) is 42.5 Å². The van der Waals surface area contributed by atoms with Gasteiger partial charge in [0, 0.05) is 42.7 Å². The van der Waals surface area contributed by atoms with Gasteiger partial charge in [0.1, 0.15) is 18.3 Å². The Morgan fingerprint density at radius 1 is 0.927 bits per heavy atom. The summed E-state index contributed by atoms with van der Waals surface area (Å²) in [6.07, 6.45) is 1.70. The van der Waals surface area contributed by atoms with E-state index in [0.29, 0.717) is 22.7 Å². The van der Waals surface area contributed by atoms with Gasteiger partial charge in [0.15, 0.2) is 0 Å². The molecule has 2 N–H and O–H groups in total. The molecule has 9 heteroatoms. The second-order valence-electron chi connectivity index (χ2n) is 9.61. The highest BCUT2D eigenvalue weighted by Crippen LogP contribution is 2.19. The number of methoxy groups -OCH3 is 1.